The summed E-state index contributed by atoms with van der Waals surface area (Å²) < 4.78 is 27.2. The molecule has 1 N–H and O–H groups in total. The molecule has 2 aromatic rings. The van der Waals surface area contributed by atoms with E-state index >= 15 is 0 Å². The molecular formula is C10H10BrN3O2S2. The van der Waals surface area contributed by atoms with E-state index in [0.29, 0.717) is 4.47 Å². The summed E-state index contributed by atoms with van der Waals surface area (Å²) in [6.45, 7) is 1.94. The zero-order valence-corrected chi connectivity index (χ0v) is 12.6. The minimum absolute atomic E-state index is 0.185. The van der Waals surface area contributed by atoms with E-state index in [1.165, 1.54) is 23.5 Å². The van der Waals surface area contributed by atoms with Gasteiger partial charge in [-0.15, -0.1) is 10.2 Å². The molecule has 0 aliphatic heterocycles. The summed E-state index contributed by atoms with van der Waals surface area (Å²) in [6, 6.07) is 6.48. The van der Waals surface area contributed by atoms with Gasteiger partial charge in [0, 0.05) is 4.47 Å². The van der Waals surface area contributed by atoms with E-state index in [1.54, 1.807) is 12.1 Å². The van der Waals surface area contributed by atoms with Gasteiger partial charge in [0.05, 0.1) is 4.90 Å². The normalized spacial score (nSPS) is 11.4. The molecule has 96 valence electrons. The van der Waals surface area contributed by atoms with Gasteiger partial charge in [-0.05, 0) is 24.6 Å². The van der Waals surface area contributed by atoms with Gasteiger partial charge in [0.25, 0.3) is 10.0 Å². The quantitative estimate of drug-likeness (QED) is 0.922. The highest BCUT2D eigenvalue weighted by molar-refractivity contribution is 9.10. The third-order valence-corrected chi connectivity index (χ3v) is 5.04. The fourth-order valence-electron chi connectivity index (χ4n) is 1.25. The van der Waals surface area contributed by atoms with Crippen molar-refractivity contribution in [2.45, 2.75) is 18.2 Å². The van der Waals surface area contributed by atoms with E-state index in [9.17, 15) is 8.42 Å². The van der Waals surface area contributed by atoms with Gasteiger partial charge in [-0.2, -0.15) is 0 Å². The largest absolute Gasteiger partial charge is 0.263 e. The van der Waals surface area contributed by atoms with Gasteiger partial charge in [-0.25, -0.2) is 8.42 Å². The first-order chi connectivity index (χ1) is 8.51. The monoisotopic (exact) mass is 347 g/mol. The first-order valence-electron chi connectivity index (χ1n) is 5.12. The highest BCUT2D eigenvalue weighted by atomic mass is 79.9. The van der Waals surface area contributed by atoms with Gasteiger partial charge >= 0.3 is 0 Å². The molecule has 0 aliphatic carbocycles. The summed E-state index contributed by atoms with van der Waals surface area (Å²) >= 11 is 4.47. The molecule has 0 bridgehead atoms. The van der Waals surface area contributed by atoms with Crippen LogP contribution in [0.3, 0.4) is 0 Å². The van der Waals surface area contributed by atoms with Crippen molar-refractivity contribution in [2.24, 2.45) is 0 Å². The van der Waals surface area contributed by atoms with Gasteiger partial charge < -0.3 is 0 Å². The molecule has 1 aromatic heterocycles. The average Bonchev–Trinajstić information content (AvgIpc) is 2.76. The molecule has 0 unspecified atom stereocenters. The smallest absolute Gasteiger partial charge is 0.253 e. The lowest BCUT2D eigenvalue weighted by Crippen LogP contribution is -2.12. The average molecular weight is 348 g/mol. The van der Waals surface area contributed by atoms with Crippen LogP contribution in [0.5, 0.6) is 0 Å². The summed E-state index contributed by atoms with van der Waals surface area (Å²) in [5, 5.41) is 8.73. The highest BCUT2D eigenvalue weighted by Gasteiger charge is 2.16. The number of hydrogen-bond acceptors (Lipinski definition) is 5. The van der Waals surface area contributed by atoms with Crippen molar-refractivity contribution in [2.75, 3.05) is 4.72 Å². The molecule has 0 aliphatic rings. The number of benzene rings is 1. The number of aromatic nitrogens is 2. The lowest BCUT2D eigenvalue weighted by atomic mass is 10.4. The number of rotatable bonds is 4. The number of anilines is 1. The number of nitrogens with one attached hydrogen (secondary N) is 1. The predicted molar refractivity (Wildman–Crippen MR) is 74.2 cm³/mol. The van der Waals surface area contributed by atoms with Crippen molar-refractivity contribution in [1.82, 2.24) is 10.2 Å². The zero-order valence-electron chi connectivity index (χ0n) is 9.42. The lowest BCUT2D eigenvalue weighted by molar-refractivity contribution is 0.601. The van der Waals surface area contributed by atoms with E-state index in [-0.39, 0.29) is 10.0 Å². The Morgan fingerprint density at radius 1 is 1.39 bits per heavy atom. The second-order valence-corrected chi connectivity index (χ2v) is 7.08. The maximum Gasteiger partial charge on any atom is 0.263 e. The molecule has 0 fully saturated rings. The van der Waals surface area contributed by atoms with Gasteiger partial charge in [-0.3, -0.25) is 4.72 Å². The molecule has 0 amide bonds. The summed E-state index contributed by atoms with van der Waals surface area (Å²) in [5.74, 6) is 0. The van der Waals surface area contributed by atoms with E-state index in [4.69, 9.17) is 0 Å². The maximum absolute atomic E-state index is 12.1. The van der Waals surface area contributed by atoms with E-state index < -0.39 is 10.0 Å². The Bertz CT molecular complexity index is 655. The van der Waals surface area contributed by atoms with Crippen molar-refractivity contribution in [1.29, 1.82) is 0 Å². The molecule has 5 nitrogen and oxygen atoms in total. The molecule has 18 heavy (non-hydrogen) atoms. The Morgan fingerprint density at radius 3 is 2.78 bits per heavy atom. The number of halogens is 1. The van der Waals surface area contributed by atoms with E-state index in [2.05, 4.69) is 30.8 Å². The Hall–Kier alpha value is -0.990. The summed E-state index contributed by atoms with van der Waals surface area (Å²) in [7, 11) is -3.60. The van der Waals surface area contributed by atoms with Crippen molar-refractivity contribution in [3.05, 3.63) is 33.7 Å². The van der Waals surface area contributed by atoms with E-state index in [0.717, 1.165) is 11.4 Å². The number of hydrogen-bond donors (Lipinski definition) is 1. The van der Waals surface area contributed by atoms with Crippen LogP contribution >= 0.6 is 27.3 Å². The Labute approximate surface area is 117 Å². The van der Waals surface area contributed by atoms with Crippen LogP contribution in [0.2, 0.25) is 0 Å². The van der Waals surface area contributed by atoms with Crippen LogP contribution in [0.25, 0.3) is 0 Å². The number of sulfonamides is 1. The standard InChI is InChI=1S/C10H10BrN3O2S2/c1-2-9-12-13-10(17-9)14-18(15,16)8-5-3-4-7(11)6-8/h3-6H,2H2,1H3,(H,13,14). The first-order valence-corrected chi connectivity index (χ1v) is 8.21. The molecule has 0 atom stereocenters. The fraction of sp³-hybridized carbons (Fsp3) is 0.200. The van der Waals surface area contributed by atoms with Crippen LogP contribution in [-0.4, -0.2) is 18.6 Å². The molecule has 1 heterocycles. The molecular weight excluding hydrogens is 338 g/mol. The highest BCUT2D eigenvalue weighted by Crippen LogP contribution is 2.21. The van der Waals surface area contributed by atoms with Gasteiger partial charge in [0.15, 0.2) is 0 Å². The van der Waals surface area contributed by atoms with E-state index in [1.807, 2.05) is 6.92 Å². The first kappa shape index (κ1) is 13.4. The second-order valence-electron chi connectivity index (χ2n) is 3.42. The van der Waals surface area contributed by atoms with Crippen LogP contribution in [0, 0.1) is 0 Å². The third-order valence-electron chi connectivity index (χ3n) is 2.10. The van der Waals surface area contributed by atoms with Crippen LogP contribution in [0.1, 0.15) is 11.9 Å². The Morgan fingerprint density at radius 2 is 2.17 bits per heavy atom. The van der Waals surface area contributed by atoms with Crippen molar-refractivity contribution >= 4 is 42.4 Å². The van der Waals surface area contributed by atoms with Crippen LogP contribution in [0.4, 0.5) is 5.13 Å². The lowest BCUT2D eigenvalue weighted by Gasteiger charge is -2.04. The topological polar surface area (TPSA) is 72.0 Å². The fourth-order valence-corrected chi connectivity index (χ4v) is 3.75. The number of aryl methyl sites for hydroxylation is 1. The minimum Gasteiger partial charge on any atom is -0.253 e. The number of nitrogens with zero attached hydrogens (tertiary/aromatic N) is 2. The Balaban J connectivity index is 2.27. The predicted octanol–water partition coefficient (Wildman–Crippen LogP) is 2.66. The molecule has 2 rings (SSSR count). The SMILES string of the molecule is CCc1nnc(NS(=O)(=O)c2cccc(Br)c2)s1. The minimum atomic E-state index is -3.60. The van der Waals surface area contributed by atoms with Crippen LogP contribution in [0.15, 0.2) is 33.6 Å². The molecule has 0 radical (unpaired) electrons. The van der Waals surface area contributed by atoms with Crippen LogP contribution in [-0.2, 0) is 16.4 Å². The molecule has 0 saturated heterocycles. The summed E-state index contributed by atoms with van der Waals surface area (Å²) in [5.41, 5.74) is 0. The molecule has 1 aromatic carbocycles. The summed E-state index contributed by atoms with van der Waals surface area (Å²) in [6.07, 6.45) is 0.732. The van der Waals surface area contributed by atoms with Crippen LogP contribution < -0.4 is 4.72 Å². The van der Waals surface area contributed by atoms with Gasteiger partial charge in [0.1, 0.15) is 5.01 Å². The van der Waals surface area contributed by atoms with Gasteiger partial charge in [-0.1, -0.05) is 40.3 Å². The summed E-state index contributed by atoms with van der Waals surface area (Å²) in [4.78, 5) is 0.185. The van der Waals surface area contributed by atoms with Crippen molar-refractivity contribution in [3.8, 4) is 0 Å². The maximum atomic E-state index is 12.1. The molecule has 0 saturated carbocycles. The molecule has 8 heteroatoms. The zero-order chi connectivity index (χ0) is 13.2. The van der Waals surface area contributed by atoms with Gasteiger partial charge in [0.2, 0.25) is 5.13 Å². The van der Waals surface area contributed by atoms with Crippen molar-refractivity contribution in [3.63, 3.8) is 0 Å². The molecule has 0 spiro atoms. The van der Waals surface area contributed by atoms with Crippen molar-refractivity contribution < 1.29 is 8.42 Å². The third kappa shape index (κ3) is 3.06. The Kier molecular flexibility index (Phi) is 3.98. The second kappa shape index (κ2) is 5.33.